The van der Waals surface area contributed by atoms with Crippen LogP contribution in [-0.2, 0) is 21.7 Å². The van der Waals surface area contributed by atoms with Crippen LogP contribution in [0, 0.1) is 0 Å². The molecule has 0 amide bonds. The van der Waals surface area contributed by atoms with Crippen molar-refractivity contribution in [2.24, 2.45) is 0 Å². The fourth-order valence-corrected chi connectivity index (χ4v) is 7.92. The van der Waals surface area contributed by atoms with Gasteiger partial charge >= 0.3 is 0 Å². The van der Waals surface area contributed by atoms with E-state index in [0.29, 0.717) is 0 Å². The average Bonchev–Trinajstić information content (AvgIpc) is 4.00. The second-order valence-corrected chi connectivity index (χ2v) is 20.8. The molecule has 3 aromatic carbocycles. The maximum absolute atomic E-state index is 5.51. The SMILES string of the molecule is CC(C)(C)c1cc(-c2c3nc(cc4ccc([nH]4)c(-c4cc(C(C)(C)C)cc(C(C)(C)C)c4)c4nc(cc5ccc2[nH]5)C(/C=C/c2ccccc2)=C4)C=C3)cc(C(C)(C)C)c1. The van der Waals surface area contributed by atoms with Crippen molar-refractivity contribution >= 4 is 51.9 Å². The Bertz CT molecular complexity index is 2820. The fourth-order valence-electron chi connectivity index (χ4n) is 7.92. The quantitative estimate of drug-likeness (QED) is 0.187. The van der Waals surface area contributed by atoms with Crippen LogP contribution in [0.4, 0.5) is 0 Å². The van der Waals surface area contributed by atoms with E-state index in [1.165, 1.54) is 22.3 Å². The Morgan fingerprint density at radius 3 is 1.43 bits per heavy atom. The van der Waals surface area contributed by atoms with E-state index in [1.54, 1.807) is 0 Å². The minimum absolute atomic E-state index is 0.0314. The van der Waals surface area contributed by atoms with Crippen molar-refractivity contribution < 1.29 is 0 Å². The van der Waals surface area contributed by atoms with Gasteiger partial charge < -0.3 is 9.97 Å². The highest BCUT2D eigenvalue weighted by Gasteiger charge is 2.25. The molecule has 2 aliphatic rings. The largest absolute Gasteiger partial charge is 0.355 e. The summed E-state index contributed by atoms with van der Waals surface area (Å²) < 4.78 is 0. The van der Waals surface area contributed by atoms with Crippen molar-refractivity contribution in [1.29, 1.82) is 0 Å². The molecule has 0 saturated heterocycles. The molecule has 5 heterocycles. The molecule has 3 aromatic heterocycles. The number of nitrogens with zero attached hydrogens (tertiary/aromatic N) is 2. The zero-order valence-corrected chi connectivity index (χ0v) is 37.6. The van der Waals surface area contributed by atoms with Crippen molar-refractivity contribution in [2.45, 2.75) is 105 Å². The van der Waals surface area contributed by atoms with Gasteiger partial charge in [0.05, 0.1) is 22.8 Å². The van der Waals surface area contributed by atoms with Crippen LogP contribution in [0.2, 0.25) is 0 Å². The molecule has 0 spiro atoms. The van der Waals surface area contributed by atoms with E-state index >= 15 is 0 Å². The third-order valence-electron chi connectivity index (χ3n) is 11.7. The number of benzene rings is 3. The Labute approximate surface area is 357 Å². The minimum atomic E-state index is -0.0454. The number of rotatable bonds is 4. The van der Waals surface area contributed by atoms with Gasteiger partial charge in [0.15, 0.2) is 0 Å². The molecule has 0 radical (unpaired) electrons. The van der Waals surface area contributed by atoms with Crippen LogP contribution in [0.3, 0.4) is 0 Å². The highest BCUT2D eigenvalue weighted by molar-refractivity contribution is 5.99. The normalized spacial score (nSPS) is 13.6. The Hall–Kier alpha value is -6.00. The van der Waals surface area contributed by atoms with Crippen LogP contribution in [0.25, 0.3) is 74.2 Å². The molecule has 0 saturated carbocycles. The molecular formula is C56H60N4. The highest BCUT2D eigenvalue weighted by Crippen LogP contribution is 2.40. The third-order valence-corrected chi connectivity index (χ3v) is 11.7. The topological polar surface area (TPSA) is 57.4 Å². The summed E-state index contributed by atoms with van der Waals surface area (Å²) in [6, 6.07) is 37.8. The van der Waals surface area contributed by atoms with Gasteiger partial charge in [-0.25, -0.2) is 9.97 Å². The summed E-state index contributed by atoms with van der Waals surface area (Å²) in [4.78, 5) is 18.5. The molecule has 4 heteroatoms. The Morgan fingerprint density at radius 2 is 0.933 bits per heavy atom. The van der Waals surface area contributed by atoms with Gasteiger partial charge in [0.1, 0.15) is 0 Å². The number of hydrogen-bond donors (Lipinski definition) is 2. The number of fused-ring (bicyclic) bond motifs is 8. The molecule has 0 unspecified atom stereocenters. The van der Waals surface area contributed by atoms with E-state index in [-0.39, 0.29) is 21.7 Å². The van der Waals surface area contributed by atoms with Crippen LogP contribution in [0.15, 0.2) is 109 Å². The lowest BCUT2D eigenvalue weighted by Crippen LogP contribution is -2.16. The van der Waals surface area contributed by atoms with E-state index in [1.807, 2.05) is 0 Å². The van der Waals surface area contributed by atoms with Gasteiger partial charge in [0.2, 0.25) is 0 Å². The molecule has 304 valence electrons. The number of nitrogens with one attached hydrogen (secondary N) is 2. The highest BCUT2D eigenvalue weighted by atomic mass is 14.8. The molecule has 0 fully saturated rings. The van der Waals surface area contributed by atoms with Gasteiger partial charge in [-0.3, -0.25) is 0 Å². The molecule has 4 nitrogen and oxygen atoms in total. The predicted molar refractivity (Wildman–Crippen MR) is 259 cm³/mol. The summed E-state index contributed by atoms with van der Waals surface area (Å²) >= 11 is 0. The van der Waals surface area contributed by atoms with Gasteiger partial charge in [0.25, 0.3) is 0 Å². The first-order valence-corrected chi connectivity index (χ1v) is 21.4. The summed E-state index contributed by atoms with van der Waals surface area (Å²) in [7, 11) is 0. The number of allylic oxidation sites excluding steroid dienone is 2. The lowest BCUT2D eigenvalue weighted by Gasteiger charge is -2.26. The number of aromatic amines is 2. The van der Waals surface area contributed by atoms with Gasteiger partial charge in [-0.05, 0) is 115 Å². The fraction of sp³-hybridized carbons (Fsp3) is 0.286. The molecule has 6 aromatic rings. The molecule has 60 heavy (non-hydrogen) atoms. The molecule has 2 N–H and O–H groups in total. The van der Waals surface area contributed by atoms with Crippen LogP contribution in [0.5, 0.6) is 0 Å². The van der Waals surface area contributed by atoms with Crippen LogP contribution >= 0.6 is 0 Å². The maximum atomic E-state index is 5.51. The van der Waals surface area contributed by atoms with Gasteiger partial charge in [-0.1, -0.05) is 162 Å². The number of hydrogen-bond acceptors (Lipinski definition) is 2. The summed E-state index contributed by atoms with van der Waals surface area (Å²) in [5.41, 5.74) is 19.3. The van der Waals surface area contributed by atoms with Gasteiger partial charge in [-0.2, -0.15) is 0 Å². The van der Waals surface area contributed by atoms with Crippen molar-refractivity contribution in [3.05, 3.63) is 160 Å². The average molecular weight is 789 g/mol. The molecule has 8 bridgehead atoms. The Balaban J connectivity index is 1.47. The maximum Gasteiger partial charge on any atom is 0.0743 e. The van der Waals surface area contributed by atoms with Crippen molar-refractivity contribution in [3.8, 4) is 22.3 Å². The monoisotopic (exact) mass is 788 g/mol. The zero-order chi connectivity index (χ0) is 42.8. The molecule has 2 aliphatic heterocycles. The summed E-state index contributed by atoms with van der Waals surface area (Å²) in [6.07, 6.45) is 10.9. The van der Waals surface area contributed by atoms with E-state index in [9.17, 15) is 0 Å². The smallest absolute Gasteiger partial charge is 0.0743 e. The van der Waals surface area contributed by atoms with Crippen molar-refractivity contribution in [1.82, 2.24) is 19.9 Å². The summed E-state index contributed by atoms with van der Waals surface area (Å²) in [5.74, 6) is 0. The van der Waals surface area contributed by atoms with E-state index in [0.717, 1.165) is 78.2 Å². The first kappa shape index (κ1) is 40.8. The first-order valence-electron chi connectivity index (χ1n) is 21.4. The second-order valence-electron chi connectivity index (χ2n) is 20.8. The van der Waals surface area contributed by atoms with Gasteiger partial charge in [0, 0.05) is 38.8 Å². The molecule has 8 rings (SSSR count). The molecule has 0 atom stereocenters. The van der Waals surface area contributed by atoms with E-state index in [2.05, 4.69) is 227 Å². The van der Waals surface area contributed by atoms with E-state index in [4.69, 9.17) is 9.97 Å². The number of H-pyrrole nitrogens is 2. The standard InChI is InChI=1S/C56H60N4/c1-53(2,3)39-26-37(27-40(31-39)54(4,5)6)51-46-23-20-43(57-46)33-44-21-24-48(58-44)52(38-28-41(55(7,8)9)32-42(29-38)56(10,11)12)50-30-36(19-18-35-16-14-13-15-17-35)49(60-50)34-45-22-25-47(51)59-45/h13-34,58-59H,1-12H3/b19-18+,43-33?,44-33?,45-34?,49-34?,51-46?,51-47?,52-48?,52-50?. The second kappa shape index (κ2) is 14.9. The van der Waals surface area contributed by atoms with Crippen molar-refractivity contribution in [2.75, 3.05) is 0 Å². The first-order chi connectivity index (χ1) is 28.2. The molecule has 0 aliphatic carbocycles. The van der Waals surface area contributed by atoms with Crippen LogP contribution < -0.4 is 0 Å². The lowest BCUT2D eigenvalue weighted by molar-refractivity contribution is 0.568. The van der Waals surface area contributed by atoms with E-state index < -0.39 is 0 Å². The predicted octanol–water partition coefficient (Wildman–Crippen LogP) is 15.3. The summed E-state index contributed by atoms with van der Waals surface area (Å²) in [6.45, 7) is 27.5. The zero-order valence-electron chi connectivity index (χ0n) is 37.6. The Morgan fingerprint density at radius 1 is 0.450 bits per heavy atom. The number of aromatic nitrogens is 4. The third kappa shape index (κ3) is 8.52. The Kier molecular flexibility index (Phi) is 10.1. The van der Waals surface area contributed by atoms with Crippen LogP contribution in [0.1, 0.15) is 134 Å². The van der Waals surface area contributed by atoms with Crippen molar-refractivity contribution in [3.63, 3.8) is 0 Å². The van der Waals surface area contributed by atoms with Gasteiger partial charge in [-0.15, -0.1) is 0 Å². The lowest BCUT2D eigenvalue weighted by atomic mass is 9.78. The van der Waals surface area contributed by atoms with Crippen LogP contribution in [-0.4, -0.2) is 19.9 Å². The molecular weight excluding hydrogens is 729 g/mol. The minimum Gasteiger partial charge on any atom is -0.355 e. The summed E-state index contributed by atoms with van der Waals surface area (Å²) in [5, 5.41) is 0.